The first-order valence-corrected chi connectivity index (χ1v) is 17.3. The molecule has 10 heteroatoms. The van der Waals surface area contributed by atoms with Gasteiger partial charge in [-0.2, -0.15) is 0 Å². The van der Waals surface area contributed by atoms with E-state index in [0.717, 1.165) is 25.5 Å². The lowest BCUT2D eigenvalue weighted by molar-refractivity contribution is -0.140. The SMILES string of the molecule is COc1ccc(N(CC(=O)N(Cc2ccc(Br)cc2)[C@@H](Cc2ccccc2)C(=O)NCC(C)C)S(=O)(=O)c2ccc(C)cc2)cc1. The molecule has 0 aliphatic heterocycles. The number of sulfonamides is 1. The number of anilines is 1. The number of hydrogen-bond donors (Lipinski definition) is 1. The summed E-state index contributed by atoms with van der Waals surface area (Å²) in [5, 5.41) is 3.01. The van der Waals surface area contributed by atoms with Gasteiger partial charge in [-0.3, -0.25) is 13.9 Å². The van der Waals surface area contributed by atoms with Crippen LogP contribution >= 0.6 is 15.9 Å². The van der Waals surface area contributed by atoms with Crippen molar-refractivity contribution in [2.45, 2.75) is 44.7 Å². The Labute approximate surface area is 280 Å². The van der Waals surface area contributed by atoms with Crippen LogP contribution in [0.15, 0.2) is 112 Å². The van der Waals surface area contributed by atoms with Crippen LogP contribution in [0.1, 0.15) is 30.5 Å². The summed E-state index contributed by atoms with van der Waals surface area (Å²) < 4.78 is 35.6. The van der Waals surface area contributed by atoms with Crippen LogP contribution in [0.25, 0.3) is 0 Å². The van der Waals surface area contributed by atoms with E-state index in [0.29, 0.717) is 18.0 Å². The summed E-state index contributed by atoms with van der Waals surface area (Å²) in [6.07, 6.45) is 0.250. The number of nitrogens with one attached hydrogen (secondary N) is 1. The summed E-state index contributed by atoms with van der Waals surface area (Å²) in [5.74, 6) is -0.0815. The number of benzene rings is 4. The van der Waals surface area contributed by atoms with Crippen LogP contribution in [0, 0.1) is 12.8 Å². The normalized spacial score (nSPS) is 12.0. The van der Waals surface area contributed by atoms with Gasteiger partial charge in [0.25, 0.3) is 10.0 Å². The van der Waals surface area contributed by atoms with E-state index in [1.165, 1.54) is 24.1 Å². The quantitative estimate of drug-likeness (QED) is 0.164. The third-order valence-corrected chi connectivity index (χ3v) is 9.79. The van der Waals surface area contributed by atoms with Gasteiger partial charge in [-0.15, -0.1) is 0 Å². The minimum atomic E-state index is -4.19. The molecule has 4 aromatic carbocycles. The van der Waals surface area contributed by atoms with Crippen molar-refractivity contribution in [2.75, 3.05) is 24.5 Å². The Balaban J connectivity index is 1.79. The molecule has 0 radical (unpaired) electrons. The molecule has 0 spiro atoms. The Morgan fingerprint density at radius 1 is 0.848 bits per heavy atom. The van der Waals surface area contributed by atoms with E-state index in [2.05, 4.69) is 21.2 Å². The van der Waals surface area contributed by atoms with Crippen molar-refractivity contribution in [1.29, 1.82) is 0 Å². The van der Waals surface area contributed by atoms with E-state index in [1.807, 2.05) is 75.4 Å². The van der Waals surface area contributed by atoms with E-state index < -0.39 is 28.5 Å². The molecule has 1 N–H and O–H groups in total. The molecule has 0 saturated carbocycles. The molecule has 46 heavy (non-hydrogen) atoms. The Hall–Kier alpha value is -4.15. The second-order valence-electron chi connectivity index (χ2n) is 11.5. The second kappa shape index (κ2) is 15.9. The van der Waals surface area contributed by atoms with Gasteiger partial charge in [0.1, 0.15) is 18.3 Å². The molecule has 2 amide bonds. The van der Waals surface area contributed by atoms with E-state index in [9.17, 15) is 18.0 Å². The second-order valence-corrected chi connectivity index (χ2v) is 14.3. The van der Waals surface area contributed by atoms with Crippen LogP contribution in [-0.4, -0.2) is 51.4 Å². The van der Waals surface area contributed by atoms with Crippen LogP contribution < -0.4 is 14.4 Å². The van der Waals surface area contributed by atoms with Crippen molar-refractivity contribution in [2.24, 2.45) is 5.92 Å². The van der Waals surface area contributed by atoms with E-state index >= 15 is 0 Å². The lowest BCUT2D eigenvalue weighted by Crippen LogP contribution is -2.53. The number of carbonyl (C=O) groups is 2. The Morgan fingerprint density at radius 3 is 2.07 bits per heavy atom. The first kappa shape index (κ1) is 34.7. The van der Waals surface area contributed by atoms with Crippen molar-refractivity contribution in [3.8, 4) is 5.75 Å². The summed E-state index contributed by atoms with van der Waals surface area (Å²) in [4.78, 5) is 29.9. The zero-order valence-corrected chi connectivity index (χ0v) is 28.9. The van der Waals surface area contributed by atoms with Crippen LogP contribution in [0.5, 0.6) is 5.75 Å². The van der Waals surface area contributed by atoms with Crippen molar-refractivity contribution < 1.29 is 22.7 Å². The molecule has 0 aliphatic rings. The summed E-state index contributed by atoms with van der Waals surface area (Å²) in [6.45, 7) is 5.88. The average molecular weight is 707 g/mol. The predicted molar refractivity (Wildman–Crippen MR) is 185 cm³/mol. The fourth-order valence-electron chi connectivity index (χ4n) is 4.88. The molecule has 8 nitrogen and oxygen atoms in total. The monoisotopic (exact) mass is 705 g/mol. The topological polar surface area (TPSA) is 96.0 Å². The Bertz CT molecular complexity index is 1700. The lowest BCUT2D eigenvalue weighted by atomic mass is 10.0. The summed E-state index contributed by atoms with van der Waals surface area (Å²) >= 11 is 3.46. The molecule has 0 fully saturated rings. The number of hydrogen-bond acceptors (Lipinski definition) is 5. The molecule has 0 saturated heterocycles. The highest BCUT2D eigenvalue weighted by Crippen LogP contribution is 2.27. The van der Waals surface area contributed by atoms with Crippen molar-refractivity contribution in [3.63, 3.8) is 0 Å². The van der Waals surface area contributed by atoms with Gasteiger partial charge in [-0.25, -0.2) is 8.42 Å². The maximum Gasteiger partial charge on any atom is 0.264 e. The van der Waals surface area contributed by atoms with Crippen LogP contribution in [0.2, 0.25) is 0 Å². The standard InChI is InChI=1S/C36H40BrN3O5S/c1-26(2)23-38-36(42)34(22-28-8-6-5-7-9-28)39(24-29-12-14-30(37)15-13-29)35(41)25-40(31-16-18-32(45-4)19-17-31)46(43,44)33-20-10-27(3)11-21-33/h5-21,26,34H,22-25H2,1-4H3,(H,38,42)/t34-/m0/s1. The Morgan fingerprint density at radius 2 is 1.48 bits per heavy atom. The van der Waals surface area contributed by atoms with Gasteiger partial charge in [0, 0.05) is 24.0 Å². The van der Waals surface area contributed by atoms with Crippen LogP contribution in [0.4, 0.5) is 5.69 Å². The molecule has 1 atom stereocenters. The number of methoxy groups -OCH3 is 1. The van der Waals surface area contributed by atoms with Gasteiger partial charge < -0.3 is 15.0 Å². The van der Waals surface area contributed by atoms with Crippen molar-refractivity contribution >= 4 is 43.5 Å². The van der Waals surface area contributed by atoms with Gasteiger partial charge in [-0.05, 0) is 72.5 Å². The molecule has 4 rings (SSSR count). The number of carbonyl (C=O) groups excluding carboxylic acids is 2. The smallest absolute Gasteiger partial charge is 0.264 e. The summed E-state index contributed by atoms with van der Waals surface area (Å²) in [7, 11) is -2.66. The zero-order valence-electron chi connectivity index (χ0n) is 26.5. The molecule has 0 aliphatic carbocycles. The first-order valence-electron chi connectivity index (χ1n) is 15.1. The predicted octanol–water partition coefficient (Wildman–Crippen LogP) is 6.37. The number of ether oxygens (including phenoxy) is 1. The highest BCUT2D eigenvalue weighted by molar-refractivity contribution is 9.10. The van der Waals surface area contributed by atoms with Crippen LogP contribution in [0.3, 0.4) is 0 Å². The molecule has 242 valence electrons. The van der Waals surface area contributed by atoms with E-state index in [-0.39, 0.29) is 29.7 Å². The molecule has 0 heterocycles. The van der Waals surface area contributed by atoms with Crippen molar-refractivity contribution in [1.82, 2.24) is 10.2 Å². The molecule has 0 unspecified atom stereocenters. The molecular weight excluding hydrogens is 666 g/mol. The largest absolute Gasteiger partial charge is 0.497 e. The third-order valence-electron chi connectivity index (χ3n) is 7.47. The van der Waals surface area contributed by atoms with E-state index in [4.69, 9.17) is 4.74 Å². The van der Waals surface area contributed by atoms with Crippen LogP contribution in [-0.2, 0) is 32.6 Å². The molecule has 0 bridgehead atoms. The van der Waals surface area contributed by atoms with Crippen molar-refractivity contribution in [3.05, 3.63) is 124 Å². The number of nitrogens with zero attached hydrogens (tertiary/aromatic N) is 2. The highest BCUT2D eigenvalue weighted by atomic mass is 79.9. The maximum absolute atomic E-state index is 14.5. The molecule has 4 aromatic rings. The lowest BCUT2D eigenvalue weighted by Gasteiger charge is -2.34. The fraction of sp³-hybridized carbons (Fsp3) is 0.278. The minimum absolute atomic E-state index is 0.0525. The number of halogens is 1. The zero-order chi connectivity index (χ0) is 33.3. The first-order chi connectivity index (χ1) is 22.0. The Kier molecular flexibility index (Phi) is 12.0. The fourth-order valence-corrected chi connectivity index (χ4v) is 6.56. The third kappa shape index (κ3) is 9.20. The van der Waals surface area contributed by atoms with Gasteiger partial charge in [0.15, 0.2) is 0 Å². The number of rotatable bonds is 14. The molecule has 0 aromatic heterocycles. The van der Waals surface area contributed by atoms with Gasteiger partial charge in [0.05, 0.1) is 17.7 Å². The highest BCUT2D eigenvalue weighted by Gasteiger charge is 2.34. The molecular formula is C36H40BrN3O5S. The number of aryl methyl sites for hydroxylation is 1. The van der Waals surface area contributed by atoms with E-state index in [1.54, 1.807) is 36.4 Å². The van der Waals surface area contributed by atoms with Gasteiger partial charge >= 0.3 is 0 Å². The minimum Gasteiger partial charge on any atom is -0.497 e. The summed E-state index contributed by atoms with van der Waals surface area (Å²) in [5.41, 5.74) is 2.87. The van der Waals surface area contributed by atoms with Gasteiger partial charge in [0.2, 0.25) is 11.8 Å². The average Bonchev–Trinajstić information content (AvgIpc) is 3.05. The summed E-state index contributed by atoms with van der Waals surface area (Å²) in [6, 6.07) is 29.1. The van der Waals surface area contributed by atoms with Gasteiger partial charge in [-0.1, -0.05) is 89.9 Å². The maximum atomic E-state index is 14.5. The number of amides is 2.